The molecule has 0 aromatic heterocycles. The van der Waals surface area contributed by atoms with E-state index < -0.39 is 10.2 Å². The van der Waals surface area contributed by atoms with Crippen molar-refractivity contribution in [1.82, 2.24) is 8.61 Å². The molecular weight excluding hydrogens is 288 g/mol. The van der Waals surface area contributed by atoms with E-state index in [-0.39, 0.29) is 12.0 Å². The zero-order chi connectivity index (χ0) is 15.5. The van der Waals surface area contributed by atoms with Gasteiger partial charge in [0.25, 0.3) is 10.2 Å². The third-order valence-corrected chi connectivity index (χ3v) is 5.97. The second kappa shape index (κ2) is 6.87. The van der Waals surface area contributed by atoms with Crippen molar-refractivity contribution in [3.8, 4) is 0 Å². The lowest BCUT2D eigenvalue weighted by molar-refractivity contribution is 0.0122. The van der Waals surface area contributed by atoms with Crippen LogP contribution in [0.1, 0.15) is 12.0 Å². The van der Waals surface area contributed by atoms with Crippen molar-refractivity contribution in [2.24, 2.45) is 5.92 Å². The van der Waals surface area contributed by atoms with Gasteiger partial charge in [-0.3, -0.25) is 0 Å². The zero-order valence-corrected chi connectivity index (χ0v) is 13.7. The summed E-state index contributed by atoms with van der Waals surface area (Å²) in [6.45, 7) is 1.03. The summed E-state index contributed by atoms with van der Waals surface area (Å²) in [4.78, 5) is 0. The van der Waals surface area contributed by atoms with E-state index >= 15 is 0 Å². The molecule has 1 aliphatic rings. The molecule has 1 saturated heterocycles. The molecule has 2 rings (SSSR count). The van der Waals surface area contributed by atoms with E-state index in [0.29, 0.717) is 13.1 Å². The lowest BCUT2D eigenvalue weighted by Gasteiger charge is -2.38. The van der Waals surface area contributed by atoms with Crippen molar-refractivity contribution >= 4 is 10.2 Å². The molecule has 1 aliphatic heterocycles. The number of methoxy groups -OCH3 is 1. The summed E-state index contributed by atoms with van der Waals surface area (Å²) in [7, 11) is 1.51. The Bertz CT molecular complexity index is 545. The Balaban J connectivity index is 2.13. The highest BCUT2D eigenvalue weighted by atomic mass is 32.2. The van der Waals surface area contributed by atoms with Gasteiger partial charge in [-0.1, -0.05) is 30.3 Å². The maximum Gasteiger partial charge on any atom is 0.281 e. The second-order valence-corrected chi connectivity index (χ2v) is 7.80. The van der Waals surface area contributed by atoms with E-state index in [9.17, 15) is 8.42 Å². The maximum absolute atomic E-state index is 12.3. The highest BCUT2D eigenvalue weighted by molar-refractivity contribution is 7.86. The first-order valence-electron chi connectivity index (χ1n) is 7.19. The molecular formula is C15H24N2O3S. The molecule has 6 heteroatoms. The number of piperidine rings is 1. The molecule has 0 bridgehead atoms. The van der Waals surface area contributed by atoms with Gasteiger partial charge in [-0.05, 0) is 18.4 Å². The van der Waals surface area contributed by atoms with E-state index in [1.54, 1.807) is 25.5 Å². The minimum absolute atomic E-state index is 0.110. The summed E-state index contributed by atoms with van der Waals surface area (Å²) in [5.41, 5.74) is 1.22. The average molecular weight is 312 g/mol. The number of ether oxygens (including phenoxy) is 1. The predicted molar refractivity (Wildman–Crippen MR) is 83.2 cm³/mol. The normalized spacial score (nSPS) is 24.4. The fourth-order valence-corrected chi connectivity index (χ4v) is 4.02. The van der Waals surface area contributed by atoms with Crippen LogP contribution in [0.15, 0.2) is 30.3 Å². The Morgan fingerprint density at radius 1 is 1.29 bits per heavy atom. The van der Waals surface area contributed by atoms with Gasteiger partial charge in [-0.25, -0.2) is 0 Å². The summed E-state index contributed by atoms with van der Waals surface area (Å²) in [5, 5.41) is 0. The van der Waals surface area contributed by atoms with Crippen molar-refractivity contribution in [3.63, 3.8) is 0 Å². The number of hydrogen-bond donors (Lipinski definition) is 0. The first kappa shape index (κ1) is 16.4. The van der Waals surface area contributed by atoms with Crippen molar-refractivity contribution < 1.29 is 13.2 Å². The van der Waals surface area contributed by atoms with Crippen LogP contribution in [0, 0.1) is 5.92 Å². The van der Waals surface area contributed by atoms with E-state index in [4.69, 9.17) is 4.74 Å². The van der Waals surface area contributed by atoms with Crippen LogP contribution in [0.25, 0.3) is 0 Å². The monoisotopic (exact) mass is 312 g/mol. The van der Waals surface area contributed by atoms with Gasteiger partial charge >= 0.3 is 0 Å². The van der Waals surface area contributed by atoms with Gasteiger partial charge < -0.3 is 4.74 Å². The average Bonchev–Trinajstić information content (AvgIpc) is 2.48. The van der Waals surface area contributed by atoms with Gasteiger partial charge in [0.15, 0.2) is 0 Å². The topological polar surface area (TPSA) is 49.9 Å². The number of rotatable bonds is 5. The first-order chi connectivity index (χ1) is 9.95. The first-order valence-corrected chi connectivity index (χ1v) is 8.59. The molecule has 0 amide bonds. The SMILES string of the molecule is CO[C@H]1CCN(S(=O)(=O)N(C)C)C[C@H]1Cc1ccccc1. The highest BCUT2D eigenvalue weighted by Crippen LogP contribution is 2.25. The number of benzene rings is 1. The molecule has 1 heterocycles. The van der Waals surface area contributed by atoms with Crippen LogP contribution in [0.3, 0.4) is 0 Å². The van der Waals surface area contributed by atoms with E-state index in [0.717, 1.165) is 12.8 Å². The van der Waals surface area contributed by atoms with Crippen LogP contribution < -0.4 is 0 Å². The Morgan fingerprint density at radius 3 is 2.52 bits per heavy atom. The third kappa shape index (κ3) is 3.83. The van der Waals surface area contributed by atoms with E-state index in [1.807, 2.05) is 18.2 Å². The fourth-order valence-electron chi connectivity index (χ4n) is 2.84. The van der Waals surface area contributed by atoms with Gasteiger partial charge in [0.2, 0.25) is 0 Å². The van der Waals surface area contributed by atoms with Gasteiger partial charge in [-0.15, -0.1) is 0 Å². The van der Waals surface area contributed by atoms with Crippen molar-refractivity contribution in [1.29, 1.82) is 0 Å². The van der Waals surface area contributed by atoms with Crippen LogP contribution in [0.2, 0.25) is 0 Å². The lowest BCUT2D eigenvalue weighted by atomic mass is 9.89. The second-order valence-electron chi connectivity index (χ2n) is 5.66. The van der Waals surface area contributed by atoms with E-state index in [2.05, 4.69) is 12.1 Å². The molecule has 0 spiro atoms. The summed E-state index contributed by atoms with van der Waals surface area (Å²) in [6, 6.07) is 10.2. The fraction of sp³-hybridized carbons (Fsp3) is 0.600. The smallest absolute Gasteiger partial charge is 0.281 e. The summed E-state index contributed by atoms with van der Waals surface area (Å²) in [6.07, 6.45) is 1.68. The molecule has 118 valence electrons. The minimum Gasteiger partial charge on any atom is -0.381 e. The van der Waals surface area contributed by atoms with Crippen LogP contribution in [-0.4, -0.2) is 57.4 Å². The van der Waals surface area contributed by atoms with Crippen molar-refractivity contribution in [2.45, 2.75) is 18.9 Å². The maximum atomic E-state index is 12.3. The Labute approximate surface area is 127 Å². The predicted octanol–water partition coefficient (Wildman–Crippen LogP) is 1.37. The molecule has 5 nitrogen and oxygen atoms in total. The summed E-state index contributed by atoms with van der Waals surface area (Å²) in [5.74, 6) is 0.181. The van der Waals surface area contributed by atoms with Gasteiger partial charge in [-0.2, -0.15) is 17.0 Å². The molecule has 21 heavy (non-hydrogen) atoms. The van der Waals surface area contributed by atoms with Gasteiger partial charge in [0.1, 0.15) is 0 Å². The van der Waals surface area contributed by atoms with E-state index in [1.165, 1.54) is 9.87 Å². The van der Waals surface area contributed by atoms with Crippen LogP contribution in [0.5, 0.6) is 0 Å². The van der Waals surface area contributed by atoms with Crippen LogP contribution in [0.4, 0.5) is 0 Å². The molecule has 1 fully saturated rings. The van der Waals surface area contributed by atoms with Gasteiger partial charge in [0.05, 0.1) is 6.10 Å². The molecule has 0 unspecified atom stereocenters. The minimum atomic E-state index is -3.35. The quantitative estimate of drug-likeness (QED) is 0.825. The molecule has 0 N–H and O–H groups in total. The molecule has 0 radical (unpaired) electrons. The zero-order valence-electron chi connectivity index (χ0n) is 12.9. The molecule has 2 atom stereocenters. The lowest BCUT2D eigenvalue weighted by Crippen LogP contribution is -2.50. The third-order valence-electron chi connectivity index (χ3n) is 4.06. The summed E-state index contributed by atoms with van der Waals surface area (Å²) < 4.78 is 33.0. The largest absolute Gasteiger partial charge is 0.381 e. The number of nitrogens with zero attached hydrogens (tertiary/aromatic N) is 2. The van der Waals surface area contributed by atoms with Gasteiger partial charge in [0, 0.05) is 40.2 Å². The Hall–Kier alpha value is -0.950. The van der Waals surface area contributed by atoms with Crippen molar-refractivity contribution in [3.05, 3.63) is 35.9 Å². The number of hydrogen-bond acceptors (Lipinski definition) is 3. The molecule has 1 aromatic rings. The Morgan fingerprint density at radius 2 is 1.95 bits per heavy atom. The van der Waals surface area contributed by atoms with Crippen LogP contribution >= 0.6 is 0 Å². The molecule has 1 aromatic carbocycles. The van der Waals surface area contributed by atoms with Crippen LogP contribution in [-0.2, 0) is 21.4 Å². The standard InChI is InChI=1S/C15H24N2O3S/c1-16(2)21(18,19)17-10-9-15(20-3)14(12-17)11-13-7-5-4-6-8-13/h4-8,14-15H,9-12H2,1-3H3/t14-,15+/m1/s1. The Kier molecular flexibility index (Phi) is 5.37. The highest BCUT2D eigenvalue weighted by Gasteiger charge is 2.35. The molecule has 0 saturated carbocycles. The van der Waals surface area contributed by atoms with Crippen molar-refractivity contribution in [2.75, 3.05) is 34.3 Å². The summed E-state index contributed by atoms with van der Waals surface area (Å²) >= 11 is 0. The molecule has 0 aliphatic carbocycles.